The summed E-state index contributed by atoms with van der Waals surface area (Å²) in [7, 11) is 2.15. The summed E-state index contributed by atoms with van der Waals surface area (Å²) in [6.07, 6.45) is 6.68. The molecule has 2 heterocycles. The van der Waals surface area contributed by atoms with E-state index in [1.165, 1.54) is 6.07 Å². The summed E-state index contributed by atoms with van der Waals surface area (Å²) >= 11 is 8.08. The Hall–Kier alpha value is -1.08. The van der Waals surface area contributed by atoms with Crippen LogP contribution < -0.4 is 5.73 Å². The van der Waals surface area contributed by atoms with Crippen molar-refractivity contribution >= 4 is 29.1 Å². The first-order chi connectivity index (χ1) is 10.5. The normalized spacial score (nSPS) is 27.3. The van der Waals surface area contributed by atoms with Gasteiger partial charge in [0.25, 0.3) is 5.69 Å². The van der Waals surface area contributed by atoms with Crippen LogP contribution in [0.1, 0.15) is 18.4 Å². The standard InChI is InChI=1S/C15H18ClN3O2S/c1-18-9-2-3-10(18)7-11(6-9)22-14-5-4-13(19(20)21)12(8-17)15(14)16/h2-5,9-11H,6-8,17H2,1H3. The average Bonchev–Trinajstić information content (AvgIpc) is 2.71. The maximum Gasteiger partial charge on any atom is 0.275 e. The average molecular weight is 340 g/mol. The Morgan fingerprint density at radius 2 is 2.05 bits per heavy atom. The minimum atomic E-state index is -0.428. The van der Waals surface area contributed by atoms with E-state index in [9.17, 15) is 10.1 Å². The van der Waals surface area contributed by atoms with Crippen molar-refractivity contribution in [1.82, 2.24) is 4.90 Å². The van der Waals surface area contributed by atoms with Crippen LogP contribution in [0.15, 0.2) is 29.2 Å². The molecule has 5 nitrogen and oxygen atoms in total. The van der Waals surface area contributed by atoms with Gasteiger partial charge in [-0.3, -0.25) is 15.0 Å². The molecular weight excluding hydrogens is 322 g/mol. The molecule has 1 aromatic rings. The highest BCUT2D eigenvalue weighted by molar-refractivity contribution is 8.00. The van der Waals surface area contributed by atoms with Gasteiger partial charge in [0.2, 0.25) is 0 Å². The Balaban J connectivity index is 1.80. The minimum Gasteiger partial charge on any atom is -0.326 e. The van der Waals surface area contributed by atoms with E-state index in [4.69, 9.17) is 17.3 Å². The molecule has 1 saturated heterocycles. The van der Waals surface area contributed by atoms with Gasteiger partial charge in [0.1, 0.15) is 0 Å². The smallest absolute Gasteiger partial charge is 0.275 e. The number of nitrogens with two attached hydrogens (primary N) is 1. The Kier molecular flexibility index (Phi) is 4.45. The van der Waals surface area contributed by atoms with Gasteiger partial charge in [-0.1, -0.05) is 23.8 Å². The van der Waals surface area contributed by atoms with E-state index in [-0.39, 0.29) is 12.2 Å². The van der Waals surface area contributed by atoms with Gasteiger partial charge >= 0.3 is 0 Å². The predicted molar refractivity (Wildman–Crippen MR) is 89.4 cm³/mol. The molecule has 2 N–H and O–H groups in total. The second-order valence-corrected chi connectivity index (χ2v) is 7.45. The van der Waals surface area contributed by atoms with Crippen LogP contribution >= 0.6 is 23.4 Å². The van der Waals surface area contributed by atoms with Gasteiger partial charge in [-0.2, -0.15) is 0 Å². The molecular formula is C15H18ClN3O2S. The molecule has 0 spiro atoms. The van der Waals surface area contributed by atoms with Crippen molar-refractivity contribution in [3.63, 3.8) is 0 Å². The molecule has 2 unspecified atom stereocenters. The third kappa shape index (κ3) is 2.76. The molecule has 2 aliphatic rings. The van der Waals surface area contributed by atoms with Crippen molar-refractivity contribution in [3.05, 3.63) is 45.0 Å². The van der Waals surface area contributed by atoms with E-state index in [0.29, 0.717) is 27.9 Å². The van der Waals surface area contributed by atoms with Crippen LogP contribution in [0.5, 0.6) is 0 Å². The van der Waals surface area contributed by atoms with Crippen molar-refractivity contribution in [1.29, 1.82) is 0 Å². The first-order valence-corrected chi connectivity index (χ1v) is 8.49. The SMILES string of the molecule is CN1C2C=CC1CC(Sc1ccc([N+](=O)[O-])c(CN)c1Cl)C2. The lowest BCUT2D eigenvalue weighted by Gasteiger charge is -2.36. The van der Waals surface area contributed by atoms with E-state index in [1.807, 2.05) is 0 Å². The third-order valence-electron chi connectivity index (χ3n) is 4.49. The molecule has 0 saturated carbocycles. The number of likely N-dealkylation sites (N-methyl/N-ethyl adjacent to an activating group) is 1. The molecule has 0 aliphatic carbocycles. The summed E-state index contributed by atoms with van der Waals surface area (Å²) in [6.45, 7) is 0.0732. The lowest BCUT2D eigenvalue weighted by molar-refractivity contribution is -0.385. The number of nitrogens with zero attached hydrogens (tertiary/aromatic N) is 2. The topological polar surface area (TPSA) is 72.4 Å². The highest BCUT2D eigenvalue weighted by atomic mass is 35.5. The van der Waals surface area contributed by atoms with E-state index in [0.717, 1.165) is 17.7 Å². The number of hydrogen-bond acceptors (Lipinski definition) is 5. The zero-order valence-electron chi connectivity index (χ0n) is 12.2. The molecule has 3 rings (SSSR count). The number of piperidine rings is 1. The predicted octanol–water partition coefficient (Wildman–Crippen LogP) is 3.20. The van der Waals surface area contributed by atoms with Crippen LogP contribution in [-0.4, -0.2) is 34.2 Å². The fourth-order valence-electron chi connectivity index (χ4n) is 3.22. The summed E-state index contributed by atoms with van der Waals surface area (Å²) in [4.78, 5) is 13.9. The highest BCUT2D eigenvalue weighted by Gasteiger charge is 2.35. The first-order valence-electron chi connectivity index (χ1n) is 7.24. The lowest BCUT2D eigenvalue weighted by Crippen LogP contribution is -2.41. The maximum absolute atomic E-state index is 11.0. The quantitative estimate of drug-likeness (QED) is 0.518. The van der Waals surface area contributed by atoms with Crippen LogP contribution in [0, 0.1) is 10.1 Å². The van der Waals surface area contributed by atoms with Crippen molar-refractivity contribution < 1.29 is 4.92 Å². The van der Waals surface area contributed by atoms with Gasteiger partial charge in [0, 0.05) is 34.8 Å². The fourth-order valence-corrected chi connectivity index (χ4v) is 4.91. The van der Waals surface area contributed by atoms with Crippen LogP contribution in [0.4, 0.5) is 5.69 Å². The molecule has 118 valence electrons. The third-order valence-corrected chi connectivity index (χ3v) is 6.34. The molecule has 22 heavy (non-hydrogen) atoms. The highest BCUT2D eigenvalue weighted by Crippen LogP contribution is 2.42. The van der Waals surface area contributed by atoms with Gasteiger partial charge in [0.05, 0.1) is 15.5 Å². The molecule has 2 atom stereocenters. The number of nitro groups is 1. The van der Waals surface area contributed by atoms with E-state index in [2.05, 4.69) is 24.1 Å². The number of thioether (sulfide) groups is 1. The van der Waals surface area contributed by atoms with Crippen molar-refractivity contribution in [3.8, 4) is 0 Å². The van der Waals surface area contributed by atoms with Gasteiger partial charge in [-0.15, -0.1) is 11.8 Å². The van der Waals surface area contributed by atoms with Crippen LogP contribution in [-0.2, 0) is 6.54 Å². The zero-order valence-corrected chi connectivity index (χ0v) is 13.8. The Morgan fingerprint density at radius 3 is 2.59 bits per heavy atom. The number of rotatable bonds is 4. The molecule has 1 aromatic carbocycles. The second kappa shape index (κ2) is 6.20. The summed E-state index contributed by atoms with van der Waals surface area (Å²) in [6, 6.07) is 4.24. The number of halogens is 1. The number of nitro benzene ring substituents is 1. The maximum atomic E-state index is 11.0. The van der Waals surface area contributed by atoms with E-state index in [1.54, 1.807) is 17.8 Å². The Morgan fingerprint density at radius 1 is 1.41 bits per heavy atom. The van der Waals surface area contributed by atoms with Crippen LogP contribution in [0.2, 0.25) is 5.02 Å². The molecule has 0 amide bonds. The summed E-state index contributed by atoms with van der Waals surface area (Å²) in [5, 5.41) is 11.9. The van der Waals surface area contributed by atoms with Gasteiger partial charge in [0.15, 0.2) is 0 Å². The monoisotopic (exact) mass is 339 g/mol. The first kappa shape index (κ1) is 15.8. The van der Waals surface area contributed by atoms with Gasteiger partial charge < -0.3 is 5.73 Å². The summed E-state index contributed by atoms with van der Waals surface area (Å²) in [5.41, 5.74) is 6.07. The Labute approximate surface area is 138 Å². The van der Waals surface area contributed by atoms with Crippen LogP contribution in [0.25, 0.3) is 0 Å². The molecule has 1 fully saturated rings. The number of hydrogen-bond donors (Lipinski definition) is 1. The molecule has 0 aromatic heterocycles. The van der Waals surface area contributed by atoms with Crippen LogP contribution in [0.3, 0.4) is 0 Å². The van der Waals surface area contributed by atoms with Crippen molar-refractivity contribution in [2.45, 2.75) is 41.6 Å². The summed E-state index contributed by atoms with van der Waals surface area (Å²) in [5.74, 6) is 0. The van der Waals surface area contributed by atoms with Crippen molar-refractivity contribution in [2.24, 2.45) is 5.73 Å². The zero-order chi connectivity index (χ0) is 15.9. The molecule has 2 bridgehead atoms. The van der Waals surface area contributed by atoms with Gasteiger partial charge in [-0.25, -0.2) is 0 Å². The Bertz CT molecular complexity index is 621. The number of fused-ring (bicyclic) bond motifs is 2. The molecule has 0 radical (unpaired) electrons. The van der Waals surface area contributed by atoms with Crippen molar-refractivity contribution in [2.75, 3.05) is 7.05 Å². The molecule has 7 heteroatoms. The van der Waals surface area contributed by atoms with Gasteiger partial charge in [-0.05, 0) is 26.0 Å². The molecule has 2 aliphatic heterocycles. The second-order valence-electron chi connectivity index (χ2n) is 5.73. The van der Waals surface area contributed by atoms with E-state index < -0.39 is 4.92 Å². The lowest BCUT2D eigenvalue weighted by atomic mass is 10.0. The fraction of sp³-hybridized carbons (Fsp3) is 0.467. The number of benzene rings is 1. The van der Waals surface area contributed by atoms with E-state index >= 15 is 0 Å². The minimum absolute atomic E-state index is 0.00182. The summed E-state index contributed by atoms with van der Waals surface area (Å²) < 4.78 is 0. The largest absolute Gasteiger partial charge is 0.326 e.